The number of carbonyl (C=O) groups is 2. The van der Waals surface area contributed by atoms with Gasteiger partial charge in [0.25, 0.3) is 10.0 Å². The molecule has 0 aliphatic heterocycles. The first kappa shape index (κ1) is 26.5. The van der Waals surface area contributed by atoms with Crippen molar-refractivity contribution in [3.05, 3.63) is 77.6 Å². The molecule has 0 aliphatic rings. The van der Waals surface area contributed by atoms with Crippen LogP contribution >= 0.6 is 0 Å². The van der Waals surface area contributed by atoms with Crippen LogP contribution in [-0.4, -0.2) is 48.2 Å². The van der Waals surface area contributed by atoms with Crippen molar-refractivity contribution in [2.24, 2.45) is 0 Å². The van der Waals surface area contributed by atoms with E-state index in [0.29, 0.717) is 15.6 Å². The summed E-state index contributed by atoms with van der Waals surface area (Å²) in [6.45, 7) is 0.858. The van der Waals surface area contributed by atoms with Crippen LogP contribution in [0.5, 0.6) is 11.5 Å². The van der Waals surface area contributed by atoms with E-state index in [4.69, 9.17) is 14.2 Å². The monoisotopic (exact) mass is 516 g/mol. The van der Waals surface area contributed by atoms with Crippen molar-refractivity contribution in [3.8, 4) is 11.5 Å². The summed E-state index contributed by atoms with van der Waals surface area (Å²) < 4.78 is 57.7. The highest BCUT2D eigenvalue weighted by Gasteiger charge is 2.30. The third-order valence-corrected chi connectivity index (χ3v) is 7.12. The van der Waals surface area contributed by atoms with Gasteiger partial charge in [0.15, 0.2) is 11.5 Å². The van der Waals surface area contributed by atoms with Crippen molar-refractivity contribution in [1.29, 1.82) is 0 Å². The van der Waals surface area contributed by atoms with Crippen LogP contribution in [0.1, 0.15) is 15.9 Å². The molecule has 1 N–H and O–H groups in total. The highest BCUT2D eigenvalue weighted by atomic mass is 32.2. The third-order valence-electron chi connectivity index (χ3n) is 5.36. The van der Waals surface area contributed by atoms with E-state index in [-0.39, 0.29) is 27.6 Å². The molecule has 3 rings (SSSR count). The summed E-state index contributed by atoms with van der Waals surface area (Å²) in [4.78, 5) is 24.8. The molecule has 3 aromatic rings. The molecule has 0 atom stereocenters. The molecule has 0 aliphatic carbocycles. The number of hydrogen-bond donors (Lipinski definition) is 1. The third kappa shape index (κ3) is 5.41. The topological polar surface area (TPSA) is 111 Å². The summed E-state index contributed by atoms with van der Waals surface area (Å²) in [5, 5.41) is 2.59. The molecule has 0 aromatic heterocycles. The van der Waals surface area contributed by atoms with Crippen molar-refractivity contribution >= 4 is 33.3 Å². The Kier molecular flexibility index (Phi) is 8.15. The van der Waals surface area contributed by atoms with Gasteiger partial charge in [0.05, 0.1) is 37.5 Å². The van der Waals surface area contributed by atoms with Crippen LogP contribution in [0, 0.1) is 12.7 Å². The number of rotatable bonds is 9. The van der Waals surface area contributed by atoms with Gasteiger partial charge in [-0.2, -0.15) is 0 Å². The van der Waals surface area contributed by atoms with Gasteiger partial charge in [-0.1, -0.05) is 18.2 Å². The maximum Gasteiger partial charge on any atom is 0.338 e. The lowest BCUT2D eigenvalue weighted by Gasteiger charge is -2.25. The minimum Gasteiger partial charge on any atom is -0.493 e. The number of nitrogens with zero attached hydrogens (tertiary/aromatic N) is 1. The van der Waals surface area contributed by atoms with E-state index in [1.807, 2.05) is 0 Å². The summed E-state index contributed by atoms with van der Waals surface area (Å²) in [6, 6.07) is 13.7. The quantitative estimate of drug-likeness (QED) is 0.431. The normalized spacial score (nSPS) is 10.9. The molecule has 190 valence electrons. The summed E-state index contributed by atoms with van der Waals surface area (Å²) in [5.41, 5.74) is 0.625. The number of hydrogen-bond acceptors (Lipinski definition) is 7. The van der Waals surface area contributed by atoms with Crippen LogP contribution in [-0.2, 0) is 19.6 Å². The first-order valence-electron chi connectivity index (χ1n) is 10.6. The zero-order chi connectivity index (χ0) is 26.5. The van der Waals surface area contributed by atoms with Gasteiger partial charge in [0.2, 0.25) is 5.91 Å². The molecule has 11 heteroatoms. The average molecular weight is 517 g/mol. The number of nitrogens with one attached hydrogen (secondary N) is 1. The summed E-state index contributed by atoms with van der Waals surface area (Å²) in [7, 11) is -0.450. The smallest absolute Gasteiger partial charge is 0.338 e. The SMILES string of the molecule is COC(=O)c1cccc(NC(=O)CN(c2ccccc2F)S(=O)(=O)c2ccc(OC)c(OC)c2)c1C. The van der Waals surface area contributed by atoms with E-state index < -0.39 is 34.3 Å². The zero-order valence-corrected chi connectivity index (χ0v) is 20.9. The molecule has 0 saturated carbocycles. The standard InChI is InChI=1S/C25H25FN2O7S/c1-16-18(25(30)35-4)8-7-10-20(16)27-24(29)15-28(21-11-6-5-9-19(21)26)36(31,32)17-12-13-22(33-2)23(14-17)34-3/h5-14H,15H2,1-4H3,(H,27,29). The maximum atomic E-state index is 14.7. The summed E-state index contributed by atoms with van der Waals surface area (Å²) in [5.74, 6) is -1.74. The molecule has 1 amide bonds. The number of amides is 1. The molecular weight excluding hydrogens is 491 g/mol. The molecule has 0 bridgehead atoms. The number of methoxy groups -OCH3 is 3. The zero-order valence-electron chi connectivity index (χ0n) is 20.1. The number of sulfonamides is 1. The molecule has 0 radical (unpaired) electrons. The van der Waals surface area contributed by atoms with E-state index in [1.54, 1.807) is 19.1 Å². The lowest BCUT2D eigenvalue weighted by atomic mass is 10.1. The van der Waals surface area contributed by atoms with E-state index in [9.17, 15) is 22.4 Å². The molecule has 0 spiro atoms. The lowest BCUT2D eigenvalue weighted by Crippen LogP contribution is -2.38. The first-order chi connectivity index (χ1) is 17.1. The van der Waals surface area contributed by atoms with Gasteiger partial charge in [0.1, 0.15) is 12.4 Å². The number of esters is 1. The average Bonchev–Trinajstić information content (AvgIpc) is 2.88. The number of benzene rings is 3. The highest BCUT2D eigenvalue weighted by Crippen LogP contribution is 2.33. The second kappa shape index (κ2) is 11.1. The maximum absolute atomic E-state index is 14.7. The molecule has 0 saturated heterocycles. The fraction of sp³-hybridized carbons (Fsp3) is 0.200. The number of carbonyl (C=O) groups excluding carboxylic acids is 2. The largest absolute Gasteiger partial charge is 0.493 e. The van der Waals surface area contributed by atoms with Gasteiger partial charge in [-0.25, -0.2) is 17.6 Å². The van der Waals surface area contributed by atoms with Crippen molar-refractivity contribution in [2.75, 3.05) is 37.5 Å². The summed E-state index contributed by atoms with van der Waals surface area (Å²) >= 11 is 0. The van der Waals surface area contributed by atoms with E-state index in [2.05, 4.69) is 5.32 Å². The van der Waals surface area contributed by atoms with Gasteiger partial charge in [-0.15, -0.1) is 0 Å². The highest BCUT2D eigenvalue weighted by molar-refractivity contribution is 7.92. The van der Waals surface area contributed by atoms with Crippen molar-refractivity contribution < 1.29 is 36.6 Å². The lowest BCUT2D eigenvalue weighted by molar-refractivity contribution is -0.114. The number of para-hydroxylation sites is 1. The van der Waals surface area contributed by atoms with Crippen LogP contribution in [0.2, 0.25) is 0 Å². The fourth-order valence-corrected chi connectivity index (χ4v) is 4.92. The Morgan fingerprint density at radius 2 is 1.64 bits per heavy atom. The number of anilines is 2. The molecule has 0 heterocycles. The second-order valence-corrected chi connectivity index (χ2v) is 9.36. The Bertz CT molecular complexity index is 1390. The number of halogens is 1. The van der Waals surface area contributed by atoms with Gasteiger partial charge in [-0.05, 0) is 48.9 Å². The van der Waals surface area contributed by atoms with Gasteiger partial charge >= 0.3 is 5.97 Å². The van der Waals surface area contributed by atoms with Gasteiger partial charge in [-0.3, -0.25) is 9.10 Å². The molecule has 3 aromatic carbocycles. The number of ether oxygens (including phenoxy) is 3. The Morgan fingerprint density at radius 1 is 0.944 bits per heavy atom. The van der Waals surface area contributed by atoms with Crippen molar-refractivity contribution in [3.63, 3.8) is 0 Å². The van der Waals surface area contributed by atoms with Gasteiger partial charge in [0, 0.05) is 11.8 Å². The molecule has 9 nitrogen and oxygen atoms in total. The molecule has 0 fully saturated rings. The van der Waals surface area contributed by atoms with E-state index in [1.165, 1.54) is 63.8 Å². The Labute approximate surface area is 208 Å². The second-order valence-electron chi connectivity index (χ2n) is 7.50. The van der Waals surface area contributed by atoms with Crippen molar-refractivity contribution in [2.45, 2.75) is 11.8 Å². The van der Waals surface area contributed by atoms with Crippen LogP contribution in [0.25, 0.3) is 0 Å². The predicted molar refractivity (Wildman–Crippen MR) is 132 cm³/mol. The van der Waals surface area contributed by atoms with Crippen LogP contribution in [0.4, 0.5) is 15.8 Å². The Morgan fingerprint density at radius 3 is 2.28 bits per heavy atom. The predicted octanol–water partition coefficient (Wildman–Crippen LogP) is 3.77. The minimum atomic E-state index is -4.43. The van der Waals surface area contributed by atoms with Crippen molar-refractivity contribution in [1.82, 2.24) is 0 Å². The van der Waals surface area contributed by atoms with Crippen LogP contribution in [0.3, 0.4) is 0 Å². The first-order valence-corrected chi connectivity index (χ1v) is 12.0. The molecular formula is C25H25FN2O7S. The van der Waals surface area contributed by atoms with E-state index in [0.717, 1.165) is 6.07 Å². The molecule has 36 heavy (non-hydrogen) atoms. The van der Waals surface area contributed by atoms with Crippen LogP contribution in [0.15, 0.2) is 65.6 Å². The Balaban J connectivity index is 2.01. The van der Waals surface area contributed by atoms with E-state index >= 15 is 0 Å². The molecule has 0 unspecified atom stereocenters. The fourth-order valence-electron chi connectivity index (χ4n) is 3.48. The van der Waals surface area contributed by atoms with Gasteiger partial charge < -0.3 is 19.5 Å². The van der Waals surface area contributed by atoms with Crippen LogP contribution < -0.4 is 19.1 Å². The minimum absolute atomic E-state index is 0.145. The summed E-state index contributed by atoms with van der Waals surface area (Å²) in [6.07, 6.45) is 0. The Hall–Kier alpha value is -4.12.